The Labute approximate surface area is 333 Å². The van der Waals surface area contributed by atoms with Gasteiger partial charge >= 0.3 is 6.85 Å². The first-order chi connectivity index (χ1) is 27.7. The molecule has 0 saturated carbocycles. The number of anilines is 5. The second-order valence-corrected chi connectivity index (χ2v) is 17.7. The molecule has 8 aromatic carbocycles. The van der Waals surface area contributed by atoms with Crippen molar-refractivity contribution in [3.63, 3.8) is 0 Å². The number of furan rings is 1. The molecular weight excluding hydrogens is 691 g/mol. The standard InChI is InChI=1S/C53H41BN2O/c1-52(2,3)34-26-28-43(39(31-34)32-16-7-6-8-17-32)55-45-29-27-38-36-20-11-14-25-46(36)57-51(38)48(45)54-47-40(30-33-18-9-10-19-35(33)50(47)55)37-21-15-23-42-49(37)56(54)44-24-13-12-22-41(44)53(42,4)5/h6-31H,1-5H3. The molecule has 0 atom stereocenters. The van der Waals surface area contributed by atoms with Gasteiger partial charge in [0.25, 0.3) is 0 Å². The van der Waals surface area contributed by atoms with Gasteiger partial charge in [0.2, 0.25) is 0 Å². The summed E-state index contributed by atoms with van der Waals surface area (Å²) in [6, 6.07) is 58.8. The summed E-state index contributed by atoms with van der Waals surface area (Å²) in [4.78, 5) is 5.26. The smallest absolute Gasteiger partial charge is 0.337 e. The van der Waals surface area contributed by atoms with Crippen LogP contribution in [0.3, 0.4) is 0 Å². The van der Waals surface area contributed by atoms with E-state index >= 15 is 0 Å². The van der Waals surface area contributed by atoms with Crippen LogP contribution in [0.4, 0.5) is 28.4 Å². The minimum absolute atomic E-state index is 0.0249. The Bertz CT molecular complexity index is 3170. The highest BCUT2D eigenvalue weighted by Crippen LogP contribution is 2.57. The summed E-state index contributed by atoms with van der Waals surface area (Å²) in [5.41, 5.74) is 19.2. The van der Waals surface area contributed by atoms with Crippen LogP contribution in [0.2, 0.25) is 0 Å². The Kier molecular flexibility index (Phi) is 6.48. The van der Waals surface area contributed by atoms with E-state index in [0.717, 1.165) is 33.3 Å². The van der Waals surface area contributed by atoms with Crippen LogP contribution in [0.15, 0.2) is 162 Å². The van der Waals surface area contributed by atoms with Crippen LogP contribution < -0.4 is 20.6 Å². The Hall–Kier alpha value is -6.52. The normalized spacial score (nSPS) is 14.8. The molecule has 3 aliphatic rings. The molecule has 0 aliphatic carbocycles. The number of hydrogen-bond acceptors (Lipinski definition) is 3. The van der Waals surface area contributed by atoms with Crippen LogP contribution in [-0.2, 0) is 10.8 Å². The maximum absolute atomic E-state index is 7.12. The first-order valence-corrected chi connectivity index (χ1v) is 20.2. The van der Waals surface area contributed by atoms with Crippen molar-refractivity contribution in [3.8, 4) is 22.3 Å². The van der Waals surface area contributed by atoms with E-state index in [9.17, 15) is 0 Å². The summed E-state index contributed by atoms with van der Waals surface area (Å²) in [6.45, 7) is 11.5. The number of rotatable bonds is 2. The highest BCUT2D eigenvalue weighted by atomic mass is 16.3. The summed E-state index contributed by atoms with van der Waals surface area (Å²) < 4.78 is 7.12. The van der Waals surface area contributed by atoms with Crippen LogP contribution in [-0.4, -0.2) is 6.85 Å². The molecule has 0 saturated heterocycles. The van der Waals surface area contributed by atoms with Gasteiger partial charge in [0, 0.05) is 55.2 Å². The molecule has 12 rings (SSSR count). The number of nitrogens with zero attached hydrogens (tertiary/aromatic N) is 2. The van der Waals surface area contributed by atoms with Gasteiger partial charge < -0.3 is 14.1 Å². The summed E-state index contributed by atoms with van der Waals surface area (Å²) in [5.74, 6) is 0. The maximum Gasteiger partial charge on any atom is 0.337 e. The minimum Gasteiger partial charge on any atom is -0.456 e. The third kappa shape index (κ3) is 4.33. The number of hydrogen-bond donors (Lipinski definition) is 0. The zero-order valence-corrected chi connectivity index (χ0v) is 32.9. The van der Waals surface area contributed by atoms with Crippen LogP contribution >= 0.6 is 0 Å². The molecule has 3 aliphatic heterocycles. The highest BCUT2D eigenvalue weighted by Gasteiger charge is 2.51. The molecule has 0 unspecified atom stereocenters. The summed E-state index contributed by atoms with van der Waals surface area (Å²) >= 11 is 0. The zero-order chi connectivity index (χ0) is 38.4. The summed E-state index contributed by atoms with van der Waals surface area (Å²) in [6.07, 6.45) is 0. The molecule has 0 radical (unpaired) electrons. The SMILES string of the molecule is CC(C)(C)c1ccc(N2c3ccc4c(oc5ccccc54)c3B3c4c(cc5ccccc5c42)-c2cccc4c2N3c2ccccc2C4(C)C)c(-c2ccccc2)c1. The lowest BCUT2D eigenvalue weighted by molar-refractivity contribution is 0.590. The van der Waals surface area contributed by atoms with Crippen molar-refractivity contribution < 1.29 is 4.42 Å². The average Bonchev–Trinajstić information content (AvgIpc) is 3.62. The fraction of sp³-hybridized carbons (Fsp3) is 0.132. The first-order valence-electron chi connectivity index (χ1n) is 20.2. The fourth-order valence-corrected chi connectivity index (χ4v) is 10.4. The third-order valence-corrected chi connectivity index (χ3v) is 13.2. The van der Waals surface area contributed by atoms with Crippen molar-refractivity contribution in [1.29, 1.82) is 0 Å². The van der Waals surface area contributed by atoms with Gasteiger partial charge in [-0.05, 0) is 86.5 Å². The monoisotopic (exact) mass is 732 g/mol. The van der Waals surface area contributed by atoms with Crippen molar-refractivity contribution in [2.45, 2.75) is 45.4 Å². The molecular formula is C53H41BN2O. The molecule has 4 heterocycles. The molecule has 272 valence electrons. The Morgan fingerprint density at radius 1 is 0.526 bits per heavy atom. The molecule has 4 heteroatoms. The Morgan fingerprint density at radius 3 is 2.09 bits per heavy atom. The van der Waals surface area contributed by atoms with Crippen LogP contribution in [0, 0.1) is 0 Å². The lowest BCUT2D eigenvalue weighted by Crippen LogP contribution is -2.63. The van der Waals surface area contributed by atoms with Crippen LogP contribution in [0.1, 0.15) is 51.3 Å². The summed E-state index contributed by atoms with van der Waals surface area (Å²) in [7, 11) is 0. The van der Waals surface area contributed by atoms with E-state index in [4.69, 9.17) is 4.42 Å². The molecule has 1 aromatic heterocycles. The van der Waals surface area contributed by atoms with Crippen LogP contribution in [0.5, 0.6) is 0 Å². The topological polar surface area (TPSA) is 19.6 Å². The number of fused-ring (bicyclic) bond motifs is 12. The van der Waals surface area contributed by atoms with Gasteiger partial charge in [0.05, 0.1) is 11.4 Å². The van der Waals surface area contributed by atoms with E-state index in [2.05, 4.69) is 202 Å². The largest absolute Gasteiger partial charge is 0.456 e. The van der Waals surface area contributed by atoms with E-state index in [0.29, 0.717) is 0 Å². The maximum atomic E-state index is 7.12. The lowest BCUT2D eigenvalue weighted by Gasteiger charge is -2.51. The molecule has 0 spiro atoms. The first kappa shape index (κ1) is 32.7. The van der Waals surface area contributed by atoms with Gasteiger partial charge in [0.1, 0.15) is 11.2 Å². The molecule has 0 N–H and O–H groups in total. The quantitative estimate of drug-likeness (QED) is 0.165. The number of benzene rings is 8. The molecule has 0 bridgehead atoms. The summed E-state index contributed by atoms with van der Waals surface area (Å²) in [5, 5.41) is 4.76. The second kappa shape index (κ2) is 11.3. The van der Waals surface area contributed by atoms with E-state index in [1.54, 1.807) is 0 Å². The molecule has 0 fully saturated rings. The van der Waals surface area contributed by atoms with Crippen molar-refractivity contribution in [2.24, 2.45) is 0 Å². The highest BCUT2D eigenvalue weighted by molar-refractivity contribution is 6.95. The second-order valence-electron chi connectivity index (χ2n) is 17.7. The van der Waals surface area contributed by atoms with Gasteiger partial charge in [-0.15, -0.1) is 0 Å². The predicted octanol–water partition coefficient (Wildman–Crippen LogP) is 13.1. The molecule has 3 nitrogen and oxygen atoms in total. The Balaban J connectivity index is 1.30. The minimum atomic E-state index is -0.191. The third-order valence-electron chi connectivity index (χ3n) is 13.2. The molecule has 9 aromatic rings. The van der Waals surface area contributed by atoms with Gasteiger partial charge in [-0.3, -0.25) is 0 Å². The van der Waals surface area contributed by atoms with Gasteiger partial charge in [0.15, 0.2) is 0 Å². The van der Waals surface area contributed by atoms with Crippen molar-refractivity contribution in [1.82, 2.24) is 0 Å². The predicted molar refractivity (Wildman–Crippen MR) is 241 cm³/mol. The zero-order valence-electron chi connectivity index (χ0n) is 32.9. The van der Waals surface area contributed by atoms with Crippen molar-refractivity contribution in [3.05, 3.63) is 174 Å². The van der Waals surface area contributed by atoms with Gasteiger partial charge in [-0.25, -0.2) is 0 Å². The molecule has 0 amide bonds. The van der Waals surface area contributed by atoms with E-state index in [-0.39, 0.29) is 17.7 Å². The van der Waals surface area contributed by atoms with Crippen molar-refractivity contribution in [2.75, 3.05) is 9.71 Å². The van der Waals surface area contributed by atoms with E-state index < -0.39 is 0 Å². The van der Waals surface area contributed by atoms with E-state index in [1.165, 1.54) is 77.7 Å². The van der Waals surface area contributed by atoms with Gasteiger partial charge in [-0.2, -0.15) is 0 Å². The van der Waals surface area contributed by atoms with Gasteiger partial charge in [-0.1, -0.05) is 150 Å². The fourth-order valence-electron chi connectivity index (χ4n) is 10.4. The van der Waals surface area contributed by atoms with Crippen molar-refractivity contribution >= 4 is 78.9 Å². The van der Waals surface area contributed by atoms with Crippen LogP contribution in [0.25, 0.3) is 55.0 Å². The average molecular weight is 733 g/mol. The number of para-hydroxylation sites is 3. The Morgan fingerprint density at radius 2 is 1.25 bits per heavy atom. The lowest BCUT2D eigenvalue weighted by atomic mass is 9.42. The van der Waals surface area contributed by atoms with E-state index in [1.807, 2.05) is 0 Å². The molecule has 57 heavy (non-hydrogen) atoms.